The molecule has 0 radical (unpaired) electrons. The third kappa shape index (κ3) is 4.00. The Balaban J connectivity index is 2.00. The minimum absolute atomic E-state index is 0.0748. The maximum Gasteiger partial charge on any atom is 0.127 e. The van der Waals surface area contributed by atoms with Gasteiger partial charge in [0.2, 0.25) is 0 Å². The Labute approximate surface area is 131 Å². The van der Waals surface area contributed by atoms with Gasteiger partial charge in [-0.1, -0.05) is 36.4 Å². The summed E-state index contributed by atoms with van der Waals surface area (Å²) in [5.74, 6) is 1.53. The van der Waals surface area contributed by atoms with Crippen LogP contribution in [0.1, 0.15) is 24.2 Å². The smallest absolute Gasteiger partial charge is 0.127 e. The van der Waals surface area contributed by atoms with Gasteiger partial charge in [-0.25, -0.2) is 0 Å². The SMILES string of the molecule is COc1ccc(CN[C@H](C)[C@H](O)c2ccccc2)c(OC)c1. The molecule has 2 N–H and O–H groups in total. The largest absolute Gasteiger partial charge is 0.497 e. The van der Waals surface area contributed by atoms with Crippen molar-refractivity contribution in [3.63, 3.8) is 0 Å². The molecule has 0 aliphatic heterocycles. The second-order valence-electron chi connectivity index (χ2n) is 5.20. The van der Waals surface area contributed by atoms with E-state index in [1.54, 1.807) is 14.2 Å². The topological polar surface area (TPSA) is 50.7 Å². The van der Waals surface area contributed by atoms with Crippen LogP contribution in [0.3, 0.4) is 0 Å². The van der Waals surface area contributed by atoms with Crippen molar-refractivity contribution < 1.29 is 14.6 Å². The van der Waals surface area contributed by atoms with Crippen LogP contribution in [0.5, 0.6) is 11.5 Å². The number of aliphatic hydroxyl groups is 1. The van der Waals surface area contributed by atoms with E-state index in [9.17, 15) is 5.11 Å². The highest BCUT2D eigenvalue weighted by atomic mass is 16.5. The minimum Gasteiger partial charge on any atom is -0.497 e. The molecule has 0 bridgehead atoms. The van der Waals surface area contributed by atoms with Crippen molar-refractivity contribution in [2.24, 2.45) is 0 Å². The Morgan fingerprint density at radius 3 is 2.41 bits per heavy atom. The van der Waals surface area contributed by atoms with Gasteiger partial charge in [0.25, 0.3) is 0 Å². The van der Waals surface area contributed by atoms with Gasteiger partial charge in [-0.15, -0.1) is 0 Å². The van der Waals surface area contributed by atoms with Gasteiger partial charge in [-0.2, -0.15) is 0 Å². The van der Waals surface area contributed by atoms with Crippen molar-refractivity contribution in [2.45, 2.75) is 25.6 Å². The van der Waals surface area contributed by atoms with Crippen LogP contribution in [-0.4, -0.2) is 25.4 Å². The van der Waals surface area contributed by atoms with Crippen molar-refractivity contribution in [1.29, 1.82) is 0 Å². The molecule has 0 fully saturated rings. The van der Waals surface area contributed by atoms with Gasteiger partial charge in [0, 0.05) is 24.2 Å². The van der Waals surface area contributed by atoms with Gasteiger partial charge in [-0.3, -0.25) is 0 Å². The third-order valence-electron chi connectivity index (χ3n) is 3.72. The molecular weight excluding hydrogens is 278 g/mol. The molecule has 2 rings (SSSR count). The lowest BCUT2D eigenvalue weighted by Gasteiger charge is -2.21. The van der Waals surface area contributed by atoms with Gasteiger partial charge in [0.1, 0.15) is 11.5 Å². The maximum atomic E-state index is 10.4. The van der Waals surface area contributed by atoms with Crippen molar-refractivity contribution in [2.75, 3.05) is 14.2 Å². The Hall–Kier alpha value is -2.04. The first-order chi connectivity index (χ1) is 10.7. The molecule has 0 heterocycles. The Bertz CT molecular complexity index is 586. The average Bonchev–Trinajstić information content (AvgIpc) is 2.59. The summed E-state index contributed by atoms with van der Waals surface area (Å²) in [5.41, 5.74) is 1.93. The Morgan fingerprint density at radius 1 is 1.05 bits per heavy atom. The highest BCUT2D eigenvalue weighted by Crippen LogP contribution is 2.25. The van der Waals surface area contributed by atoms with E-state index in [2.05, 4.69) is 5.32 Å². The van der Waals surface area contributed by atoms with Crippen LogP contribution >= 0.6 is 0 Å². The molecule has 4 nitrogen and oxygen atoms in total. The first-order valence-corrected chi connectivity index (χ1v) is 7.33. The maximum absolute atomic E-state index is 10.4. The van der Waals surface area contributed by atoms with E-state index in [1.807, 2.05) is 55.5 Å². The lowest BCUT2D eigenvalue weighted by atomic mass is 10.0. The molecular formula is C18H23NO3. The number of nitrogens with one attached hydrogen (secondary N) is 1. The number of aliphatic hydroxyl groups excluding tert-OH is 1. The summed E-state index contributed by atoms with van der Waals surface area (Å²) in [6, 6.07) is 15.3. The fourth-order valence-electron chi connectivity index (χ4n) is 2.32. The second kappa shape index (κ2) is 7.82. The molecule has 118 valence electrons. The van der Waals surface area contributed by atoms with E-state index >= 15 is 0 Å². The zero-order valence-electron chi connectivity index (χ0n) is 13.2. The molecule has 0 amide bonds. The molecule has 0 saturated heterocycles. The van der Waals surface area contributed by atoms with Crippen molar-refractivity contribution in [1.82, 2.24) is 5.32 Å². The fraction of sp³-hybridized carbons (Fsp3) is 0.333. The molecule has 0 spiro atoms. The molecule has 22 heavy (non-hydrogen) atoms. The zero-order valence-corrected chi connectivity index (χ0v) is 13.2. The molecule has 0 aliphatic rings. The molecule has 2 atom stereocenters. The van der Waals surface area contributed by atoms with Gasteiger partial charge < -0.3 is 19.9 Å². The first-order valence-electron chi connectivity index (χ1n) is 7.33. The van der Waals surface area contributed by atoms with E-state index in [-0.39, 0.29) is 6.04 Å². The van der Waals surface area contributed by atoms with Crippen molar-refractivity contribution in [3.8, 4) is 11.5 Å². The summed E-state index contributed by atoms with van der Waals surface area (Å²) in [6.07, 6.45) is -0.551. The van der Waals surface area contributed by atoms with Crippen molar-refractivity contribution >= 4 is 0 Å². The van der Waals surface area contributed by atoms with E-state index in [0.29, 0.717) is 6.54 Å². The highest BCUT2D eigenvalue weighted by molar-refractivity contribution is 5.40. The normalized spacial score (nSPS) is 13.5. The number of ether oxygens (including phenoxy) is 2. The lowest BCUT2D eigenvalue weighted by Crippen LogP contribution is -2.31. The monoisotopic (exact) mass is 301 g/mol. The van der Waals surface area contributed by atoms with Gasteiger partial charge in [0.15, 0.2) is 0 Å². The fourth-order valence-corrected chi connectivity index (χ4v) is 2.32. The van der Waals surface area contributed by atoms with Crippen LogP contribution in [-0.2, 0) is 6.54 Å². The molecule has 0 unspecified atom stereocenters. The molecule has 0 aliphatic carbocycles. The Morgan fingerprint density at radius 2 is 1.77 bits per heavy atom. The molecule has 4 heteroatoms. The average molecular weight is 301 g/mol. The number of hydrogen-bond donors (Lipinski definition) is 2. The summed E-state index contributed by atoms with van der Waals surface area (Å²) in [6.45, 7) is 2.58. The molecule has 2 aromatic carbocycles. The summed E-state index contributed by atoms with van der Waals surface area (Å²) in [4.78, 5) is 0. The third-order valence-corrected chi connectivity index (χ3v) is 3.72. The first kappa shape index (κ1) is 16.3. The van der Waals surface area contributed by atoms with E-state index in [0.717, 1.165) is 22.6 Å². The number of hydrogen-bond acceptors (Lipinski definition) is 4. The van der Waals surface area contributed by atoms with Gasteiger partial charge in [-0.05, 0) is 18.6 Å². The molecule has 0 aromatic heterocycles. The predicted molar refractivity (Wildman–Crippen MR) is 87.2 cm³/mol. The predicted octanol–water partition coefficient (Wildman–Crippen LogP) is 2.92. The van der Waals surface area contributed by atoms with Crippen LogP contribution < -0.4 is 14.8 Å². The summed E-state index contributed by atoms with van der Waals surface area (Å²) < 4.78 is 10.6. The summed E-state index contributed by atoms with van der Waals surface area (Å²) >= 11 is 0. The standard InChI is InChI=1S/C18H23NO3/c1-13(18(20)14-7-5-4-6-8-14)19-12-15-9-10-16(21-2)11-17(15)22-3/h4-11,13,18-20H,12H2,1-3H3/t13-,18+/m1/s1. The van der Waals surface area contributed by atoms with E-state index in [4.69, 9.17) is 9.47 Å². The lowest BCUT2D eigenvalue weighted by molar-refractivity contribution is 0.135. The van der Waals surface area contributed by atoms with Gasteiger partial charge >= 0.3 is 0 Å². The van der Waals surface area contributed by atoms with Crippen LogP contribution in [0.25, 0.3) is 0 Å². The number of benzene rings is 2. The highest BCUT2D eigenvalue weighted by Gasteiger charge is 2.16. The number of rotatable bonds is 7. The molecule has 2 aromatic rings. The zero-order chi connectivity index (χ0) is 15.9. The van der Waals surface area contributed by atoms with Crippen LogP contribution in [0.4, 0.5) is 0 Å². The van der Waals surface area contributed by atoms with Crippen LogP contribution in [0.2, 0.25) is 0 Å². The van der Waals surface area contributed by atoms with Crippen LogP contribution in [0, 0.1) is 0 Å². The quantitative estimate of drug-likeness (QED) is 0.825. The summed E-state index contributed by atoms with van der Waals surface area (Å²) in [7, 11) is 3.27. The van der Waals surface area contributed by atoms with E-state index in [1.165, 1.54) is 0 Å². The Kier molecular flexibility index (Phi) is 5.81. The van der Waals surface area contributed by atoms with Gasteiger partial charge in [0.05, 0.1) is 20.3 Å². The summed E-state index contributed by atoms with van der Waals surface area (Å²) in [5, 5.41) is 13.7. The molecule has 0 saturated carbocycles. The van der Waals surface area contributed by atoms with Crippen LogP contribution in [0.15, 0.2) is 48.5 Å². The second-order valence-corrected chi connectivity index (χ2v) is 5.20. The number of methoxy groups -OCH3 is 2. The minimum atomic E-state index is -0.551. The van der Waals surface area contributed by atoms with E-state index < -0.39 is 6.10 Å². The van der Waals surface area contributed by atoms with Crippen molar-refractivity contribution in [3.05, 3.63) is 59.7 Å².